The molecule has 1 rings (SSSR count). The maximum absolute atomic E-state index is 10.4. The molecule has 12 heavy (non-hydrogen) atoms. The Balaban J connectivity index is 0.000000261. The molecular formula is C7H14N2O3. The van der Waals surface area contributed by atoms with Crippen molar-refractivity contribution in [2.45, 2.75) is 19.9 Å². The molecule has 1 unspecified atom stereocenters. The van der Waals surface area contributed by atoms with Gasteiger partial charge in [-0.3, -0.25) is 9.59 Å². The van der Waals surface area contributed by atoms with Crippen LogP contribution in [-0.2, 0) is 9.59 Å². The third-order valence-electron chi connectivity index (χ3n) is 1.25. The van der Waals surface area contributed by atoms with E-state index >= 15 is 0 Å². The Bertz CT molecular complexity index is 166. The third-order valence-corrected chi connectivity index (χ3v) is 1.25. The molecule has 0 aliphatic carbocycles. The highest BCUT2D eigenvalue weighted by molar-refractivity contribution is 5.87. The largest absolute Gasteiger partial charge is 0.481 e. The Hall–Kier alpha value is -1.10. The number of aliphatic carboxylic acids is 1. The lowest BCUT2D eigenvalue weighted by Crippen LogP contribution is -2.60. The van der Waals surface area contributed by atoms with Gasteiger partial charge in [0.25, 0.3) is 5.97 Å². The van der Waals surface area contributed by atoms with Crippen molar-refractivity contribution in [3.8, 4) is 0 Å². The van der Waals surface area contributed by atoms with Crippen LogP contribution in [0.1, 0.15) is 13.8 Å². The van der Waals surface area contributed by atoms with Crippen LogP contribution < -0.4 is 10.6 Å². The number of hydrogen-bond acceptors (Lipinski definition) is 3. The molecule has 1 aliphatic rings. The van der Waals surface area contributed by atoms with Gasteiger partial charge < -0.3 is 15.7 Å². The molecule has 1 heterocycles. The zero-order valence-corrected chi connectivity index (χ0v) is 7.26. The van der Waals surface area contributed by atoms with Crippen molar-refractivity contribution < 1.29 is 14.7 Å². The number of carbonyl (C=O) groups is 2. The molecule has 1 saturated heterocycles. The van der Waals surface area contributed by atoms with Gasteiger partial charge in [-0.05, 0) is 6.54 Å². The number of carboxylic acid groups (broad SMARTS) is 1. The molecule has 5 heteroatoms. The molecule has 1 aliphatic heterocycles. The molecule has 0 aromatic carbocycles. The summed E-state index contributed by atoms with van der Waals surface area (Å²) >= 11 is 0. The van der Waals surface area contributed by atoms with Gasteiger partial charge in [0.2, 0.25) is 5.91 Å². The molecule has 0 radical (unpaired) electrons. The lowest BCUT2D eigenvalue weighted by molar-refractivity contribution is -0.134. The zero-order chi connectivity index (χ0) is 9.56. The topological polar surface area (TPSA) is 78.4 Å². The molecular weight excluding hydrogens is 160 g/mol. The fourth-order valence-electron chi connectivity index (χ4n) is 0.699. The summed E-state index contributed by atoms with van der Waals surface area (Å²) in [6.07, 6.45) is 0. The predicted molar refractivity (Wildman–Crippen MR) is 43.8 cm³/mol. The lowest BCUT2D eigenvalue weighted by atomic mass is 10.2. The highest BCUT2D eigenvalue weighted by Gasteiger charge is 2.25. The van der Waals surface area contributed by atoms with E-state index in [2.05, 4.69) is 10.6 Å². The van der Waals surface area contributed by atoms with Crippen molar-refractivity contribution in [2.75, 3.05) is 13.1 Å². The summed E-state index contributed by atoms with van der Waals surface area (Å²) in [6, 6.07) is 0.0972. The van der Waals surface area contributed by atoms with Crippen molar-refractivity contribution in [1.29, 1.82) is 0 Å². The van der Waals surface area contributed by atoms with E-state index in [0.717, 1.165) is 20.0 Å². The molecule has 0 aromatic rings. The lowest BCUT2D eigenvalue weighted by Gasteiger charge is -2.25. The average molecular weight is 174 g/mol. The number of carbonyl (C=O) groups excluding carboxylic acids is 1. The van der Waals surface area contributed by atoms with E-state index in [1.165, 1.54) is 0 Å². The summed E-state index contributed by atoms with van der Waals surface area (Å²) < 4.78 is 0. The van der Waals surface area contributed by atoms with Crippen LogP contribution >= 0.6 is 0 Å². The SMILES string of the molecule is CC(=O)O.CCNC1CNC1=O. The first-order chi connectivity index (χ1) is 5.57. The molecule has 1 amide bonds. The van der Waals surface area contributed by atoms with Gasteiger partial charge in [0.15, 0.2) is 0 Å². The summed E-state index contributed by atoms with van der Waals surface area (Å²) in [5.41, 5.74) is 0. The molecule has 0 aromatic heterocycles. The number of rotatable bonds is 2. The molecule has 0 spiro atoms. The summed E-state index contributed by atoms with van der Waals surface area (Å²) in [5.74, 6) is -0.702. The van der Waals surface area contributed by atoms with Gasteiger partial charge in [-0.15, -0.1) is 0 Å². The maximum Gasteiger partial charge on any atom is 0.300 e. The van der Waals surface area contributed by atoms with Crippen molar-refractivity contribution in [3.05, 3.63) is 0 Å². The Morgan fingerprint density at radius 2 is 2.33 bits per heavy atom. The van der Waals surface area contributed by atoms with Gasteiger partial charge in [-0.1, -0.05) is 6.92 Å². The molecule has 0 bridgehead atoms. The van der Waals surface area contributed by atoms with Gasteiger partial charge in [-0.2, -0.15) is 0 Å². The van der Waals surface area contributed by atoms with Gasteiger partial charge >= 0.3 is 0 Å². The standard InChI is InChI=1S/C5H10N2O.C2H4O2/c1-2-6-4-3-7-5(4)8;1-2(3)4/h4,6H,2-3H2,1H3,(H,7,8);1H3,(H,3,4). The minimum absolute atomic E-state index is 0.0972. The Morgan fingerprint density at radius 1 is 1.83 bits per heavy atom. The molecule has 5 nitrogen and oxygen atoms in total. The van der Waals surface area contributed by atoms with Gasteiger partial charge in [0.05, 0.1) is 0 Å². The predicted octanol–water partition coefficient (Wildman–Crippen LogP) is -0.815. The number of hydrogen-bond donors (Lipinski definition) is 3. The first kappa shape index (κ1) is 10.9. The van der Waals surface area contributed by atoms with Crippen molar-refractivity contribution in [3.63, 3.8) is 0 Å². The second kappa shape index (κ2) is 5.54. The third kappa shape index (κ3) is 4.68. The van der Waals surface area contributed by atoms with E-state index in [0.29, 0.717) is 0 Å². The highest BCUT2D eigenvalue weighted by Crippen LogP contribution is 1.91. The van der Waals surface area contributed by atoms with E-state index in [4.69, 9.17) is 9.90 Å². The molecule has 3 N–H and O–H groups in total. The second-order valence-corrected chi connectivity index (χ2v) is 2.37. The van der Waals surface area contributed by atoms with Crippen LogP contribution in [0.4, 0.5) is 0 Å². The summed E-state index contributed by atoms with van der Waals surface area (Å²) in [6.45, 7) is 4.75. The Kier molecular flexibility index (Phi) is 5.03. The normalized spacial score (nSPS) is 19.8. The number of amides is 1. The van der Waals surface area contributed by atoms with E-state index in [-0.39, 0.29) is 11.9 Å². The number of nitrogens with one attached hydrogen (secondary N) is 2. The zero-order valence-electron chi connectivity index (χ0n) is 7.26. The Labute approximate surface area is 71.1 Å². The first-order valence-corrected chi connectivity index (χ1v) is 3.78. The highest BCUT2D eigenvalue weighted by atomic mass is 16.4. The van der Waals surface area contributed by atoms with Crippen molar-refractivity contribution >= 4 is 11.9 Å². The van der Waals surface area contributed by atoms with E-state index in [1.54, 1.807) is 0 Å². The van der Waals surface area contributed by atoms with Gasteiger partial charge in [-0.25, -0.2) is 0 Å². The second-order valence-electron chi connectivity index (χ2n) is 2.37. The van der Waals surface area contributed by atoms with Crippen LogP contribution in [0.3, 0.4) is 0 Å². The quantitative estimate of drug-likeness (QED) is 0.478. The molecule has 0 saturated carbocycles. The minimum atomic E-state index is -0.833. The smallest absolute Gasteiger partial charge is 0.300 e. The van der Waals surface area contributed by atoms with E-state index in [1.807, 2.05) is 6.92 Å². The van der Waals surface area contributed by atoms with E-state index in [9.17, 15) is 4.79 Å². The first-order valence-electron chi connectivity index (χ1n) is 3.78. The minimum Gasteiger partial charge on any atom is -0.481 e. The molecule has 70 valence electrons. The van der Waals surface area contributed by atoms with Crippen LogP contribution in [0.25, 0.3) is 0 Å². The molecule has 1 fully saturated rings. The monoisotopic (exact) mass is 174 g/mol. The van der Waals surface area contributed by atoms with Crippen LogP contribution in [0, 0.1) is 0 Å². The fourth-order valence-corrected chi connectivity index (χ4v) is 0.699. The van der Waals surface area contributed by atoms with Gasteiger partial charge in [0.1, 0.15) is 6.04 Å². The van der Waals surface area contributed by atoms with Crippen molar-refractivity contribution in [2.24, 2.45) is 0 Å². The van der Waals surface area contributed by atoms with E-state index < -0.39 is 5.97 Å². The number of carboxylic acids is 1. The van der Waals surface area contributed by atoms with Gasteiger partial charge in [0, 0.05) is 13.5 Å². The van der Waals surface area contributed by atoms with Crippen LogP contribution in [0.5, 0.6) is 0 Å². The van der Waals surface area contributed by atoms with Crippen LogP contribution in [0.15, 0.2) is 0 Å². The maximum atomic E-state index is 10.4. The summed E-state index contributed by atoms with van der Waals surface area (Å²) in [4.78, 5) is 19.4. The van der Waals surface area contributed by atoms with Crippen LogP contribution in [-0.4, -0.2) is 36.1 Å². The van der Waals surface area contributed by atoms with Crippen molar-refractivity contribution in [1.82, 2.24) is 10.6 Å². The number of β-lactam (4-membered cyclic amide) rings is 1. The molecule has 1 atom stereocenters. The fraction of sp³-hybridized carbons (Fsp3) is 0.714. The summed E-state index contributed by atoms with van der Waals surface area (Å²) in [5, 5.41) is 13.1. The average Bonchev–Trinajstić information content (AvgIpc) is 1.96. The van der Waals surface area contributed by atoms with Crippen LogP contribution in [0.2, 0.25) is 0 Å². The summed E-state index contributed by atoms with van der Waals surface area (Å²) in [7, 11) is 0. The number of likely N-dealkylation sites (N-methyl/N-ethyl adjacent to an activating group) is 1. The Morgan fingerprint density at radius 3 is 2.42 bits per heavy atom.